The van der Waals surface area contributed by atoms with Gasteiger partial charge in [0, 0.05) is 11.6 Å². The van der Waals surface area contributed by atoms with Crippen LogP contribution in [0.1, 0.15) is 54.4 Å². The minimum Gasteiger partial charge on any atom is -0.326 e. The number of likely N-dealkylation sites (N-methyl/N-ethyl adjacent to an activating group) is 1. The van der Waals surface area contributed by atoms with Gasteiger partial charge in [-0.1, -0.05) is 37.0 Å². The molecule has 1 fully saturated rings. The topological polar surface area (TPSA) is 29.3 Å². The van der Waals surface area contributed by atoms with E-state index < -0.39 is 0 Å². The van der Waals surface area contributed by atoms with Crippen molar-refractivity contribution in [2.75, 3.05) is 14.1 Å². The van der Waals surface area contributed by atoms with Gasteiger partial charge >= 0.3 is 0 Å². The van der Waals surface area contributed by atoms with Crippen molar-refractivity contribution in [3.63, 3.8) is 0 Å². The van der Waals surface area contributed by atoms with E-state index in [0.29, 0.717) is 0 Å². The Kier molecular flexibility index (Phi) is 5.11. The van der Waals surface area contributed by atoms with Crippen LogP contribution < -0.4 is 5.73 Å². The van der Waals surface area contributed by atoms with Crippen molar-refractivity contribution in [2.24, 2.45) is 5.73 Å². The van der Waals surface area contributed by atoms with Crippen molar-refractivity contribution in [3.8, 4) is 0 Å². The van der Waals surface area contributed by atoms with Crippen molar-refractivity contribution in [3.05, 3.63) is 34.4 Å². The van der Waals surface area contributed by atoms with Crippen LogP contribution in [0.15, 0.2) is 12.1 Å². The quantitative estimate of drug-likeness (QED) is 0.914. The first kappa shape index (κ1) is 16.5. The van der Waals surface area contributed by atoms with Crippen molar-refractivity contribution in [1.29, 1.82) is 0 Å². The summed E-state index contributed by atoms with van der Waals surface area (Å²) in [7, 11) is 4.42. The molecule has 1 aromatic carbocycles. The molecule has 0 radical (unpaired) electrons. The summed E-state index contributed by atoms with van der Waals surface area (Å²) in [5, 5.41) is 0. The van der Waals surface area contributed by atoms with Gasteiger partial charge in [-0.05, 0) is 70.8 Å². The highest BCUT2D eigenvalue weighted by atomic mass is 15.2. The van der Waals surface area contributed by atoms with Gasteiger partial charge in [0.15, 0.2) is 0 Å². The molecule has 1 atom stereocenters. The first-order valence-corrected chi connectivity index (χ1v) is 8.36. The number of aryl methyl sites for hydroxylation is 3. The maximum Gasteiger partial charge on any atom is 0.0357 e. The molecular weight excluding hydrogens is 256 g/mol. The lowest BCUT2D eigenvalue weighted by Crippen LogP contribution is -2.59. The molecule has 1 aliphatic carbocycles. The zero-order chi connectivity index (χ0) is 15.6. The Morgan fingerprint density at radius 1 is 1.05 bits per heavy atom. The molecule has 1 aromatic rings. The van der Waals surface area contributed by atoms with Gasteiger partial charge in [0.1, 0.15) is 0 Å². The zero-order valence-corrected chi connectivity index (χ0v) is 14.5. The number of benzene rings is 1. The summed E-state index contributed by atoms with van der Waals surface area (Å²) >= 11 is 0. The molecule has 118 valence electrons. The van der Waals surface area contributed by atoms with E-state index in [2.05, 4.69) is 51.9 Å². The van der Waals surface area contributed by atoms with Gasteiger partial charge in [-0.15, -0.1) is 0 Å². The Bertz CT molecular complexity index is 461. The van der Waals surface area contributed by atoms with Gasteiger partial charge < -0.3 is 10.6 Å². The smallest absolute Gasteiger partial charge is 0.0357 e. The van der Waals surface area contributed by atoms with Crippen LogP contribution in [0, 0.1) is 20.8 Å². The Balaban J connectivity index is 2.25. The molecule has 0 spiro atoms. The van der Waals surface area contributed by atoms with Gasteiger partial charge in [-0.25, -0.2) is 0 Å². The lowest BCUT2D eigenvalue weighted by molar-refractivity contribution is 0.0715. The molecule has 1 saturated carbocycles. The first-order chi connectivity index (χ1) is 9.86. The van der Waals surface area contributed by atoms with Gasteiger partial charge in [-0.2, -0.15) is 0 Å². The third kappa shape index (κ3) is 3.32. The van der Waals surface area contributed by atoms with E-state index in [9.17, 15) is 0 Å². The predicted molar refractivity (Wildman–Crippen MR) is 91.8 cm³/mol. The third-order valence-electron chi connectivity index (χ3n) is 5.56. The van der Waals surface area contributed by atoms with E-state index in [-0.39, 0.29) is 11.6 Å². The van der Waals surface area contributed by atoms with Crippen LogP contribution in [0.3, 0.4) is 0 Å². The highest BCUT2D eigenvalue weighted by Crippen LogP contribution is 2.36. The molecular formula is C19H32N2. The molecule has 0 bridgehead atoms. The molecule has 0 amide bonds. The van der Waals surface area contributed by atoms with Crippen molar-refractivity contribution in [1.82, 2.24) is 4.90 Å². The van der Waals surface area contributed by atoms with Crippen LogP contribution in [0.5, 0.6) is 0 Å². The summed E-state index contributed by atoms with van der Waals surface area (Å²) in [5.41, 5.74) is 12.5. The molecule has 2 nitrogen and oxygen atoms in total. The summed E-state index contributed by atoms with van der Waals surface area (Å²) in [4.78, 5) is 2.40. The molecule has 2 rings (SSSR count). The van der Waals surface area contributed by atoms with Crippen LogP contribution >= 0.6 is 0 Å². The van der Waals surface area contributed by atoms with E-state index in [1.807, 2.05) is 0 Å². The second-order valence-electron chi connectivity index (χ2n) is 7.25. The van der Waals surface area contributed by atoms with E-state index >= 15 is 0 Å². The first-order valence-electron chi connectivity index (χ1n) is 8.36. The molecule has 2 heteroatoms. The van der Waals surface area contributed by atoms with Crippen molar-refractivity contribution in [2.45, 2.75) is 70.9 Å². The second kappa shape index (κ2) is 6.50. The van der Waals surface area contributed by atoms with Gasteiger partial charge in [0.2, 0.25) is 0 Å². The molecule has 0 aliphatic heterocycles. The third-order valence-corrected chi connectivity index (χ3v) is 5.56. The minimum atomic E-state index is 0.183. The fourth-order valence-electron chi connectivity index (χ4n) is 4.26. The average molecular weight is 288 g/mol. The second-order valence-corrected chi connectivity index (χ2v) is 7.25. The Hall–Kier alpha value is -0.860. The lowest BCUT2D eigenvalue weighted by Gasteiger charge is -2.47. The van der Waals surface area contributed by atoms with Crippen LogP contribution in [0.4, 0.5) is 0 Å². The largest absolute Gasteiger partial charge is 0.326 e. The van der Waals surface area contributed by atoms with Crippen molar-refractivity contribution >= 4 is 0 Å². The maximum atomic E-state index is 6.75. The summed E-state index contributed by atoms with van der Waals surface area (Å²) in [5.74, 6) is 0. The van der Waals surface area contributed by atoms with Crippen LogP contribution in [0.25, 0.3) is 0 Å². The average Bonchev–Trinajstić information content (AvgIpc) is 2.43. The van der Waals surface area contributed by atoms with Crippen molar-refractivity contribution < 1.29 is 0 Å². The number of hydrogen-bond donors (Lipinski definition) is 1. The lowest BCUT2D eigenvalue weighted by atomic mass is 9.73. The summed E-state index contributed by atoms with van der Waals surface area (Å²) < 4.78 is 0. The Labute approximate surface area is 130 Å². The molecule has 0 saturated heterocycles. The predicted octanol–water partition coefficient (Wildman–Crippen LogP) is 3.75. The van der Waals surface area contributed by atoms with Gasteiger partial charge in [0.25, 0.3) is 0 Å². The SMILES string of the molecule is Cc1cc(C)c(CC(N)C2(N(C)C)CCCCC2)c(C)c1. The van der Waals surface area contributed by atoms with Crippen LogP contribution in [-0.2, 0) is 6.42 Å². The highest BCUT2D eigenvalue weighted by Gasteiger charge is 2.39. The van der Waals surface area contributed by atoms with E-state index in [1.54, 1.807) is 0 Å². The normalized spacial score (nSPS) is 19.8. The summed E-state index contributed by atoms with van der Waals surface area (Å²) in [6, 6.07) is 4.80. The number of nitrogens with zero attached hydrogens (tertiary/aromatic N) is 1. The summed E-state index contributed by atoms with van der Waals surface area (Å²) in [6.45, 7) is 6.63. The zero-order valence-electron chi connectivity index (χ0n) is 14.5. The van der Waals surface area contributed by atoms with Crippen LogP contribution in [0.2, 0.25) is 0 Å². The molecule has 0 aromatic heterocycles. The molecule has 1 unspecified atom stereocenters. The van der Waals surface area contributed by atoms with Gasteiger partial charge in [-0.3, -0.25) is 0 Å². The monoisotopic (exact) mass is 288 g/mol. The van der Waals surface area contributed by atoms with E-state index in [0.717, 1.165) is 6.42 Å². The van der Waals surface area contributed by atoms with E-state index in [4.69, 9.17) is 5.73 Å². The van der Waals surface area contributed by atoms with Gasteiger partial charge in [0.05, 0.1) is 0 Å². The fraction of sp³-hybridized carbons (Fsp3) is 0.684. The number of nitrogens with two attached hydrogens (primary N) is 1. The Morgan fingerprint density at radius 3 is 2.05 bits per heavy atom. The number of hydrogen-bond acceptors (Lipinski definition) is 2. The minimum absolute atomic E-state index is 0.183. The Morgan fingerprint density at radius 2 is 1.57 bits per heavy atom. The fourth-order valence-corrected chi connectivity index (χ4v) is 4.26. The maximum absolute atomic E-state index is 6.75. The highest BCUT2D eigenvalue weighted by molar-refractivity contribution is 5.38. The summed E-state index contributed by atoms with van der Waals surface area (Å²) in [6.07, 6.45) is 7.48. The molecule has 0 heterocycles. The molecule has 2 N–H and O–H groups in total. The van der Waals surface area contributed by atoms with Crippen LogP contribution in [-0.4, -0.2) is 30.6 Å². The molecule has 1 aliphatic rings. The van der Waals surface area contributed by atoms with E-state index in [1.165, 1.54) is 54.4 Å². The standard InChI is InChI=1S/C19H32N2/c1-14-11-15(2)17(16(3)12-14)13-18(20)19(21(4)5)9-7-6-8-10-19/h11-12,18H,6-10,13,20H2,1-5H3. The molecule has 21 heavy (non-hydrogen) atoms. The number of rotatable bonds is 4.